The topological polar surface area (TPSA) is 110 Å². The molecule has 2 N–H and O–H groups in total. The molecule has 2 aliphatic rings. The lowest BCUT2D eigenvalue weighted by atomic mass is 9.86. The number of benzene rings is 2. The normalized spacial score (nSPS) is 25.0. The van der Waals surface area contributed by atoms with Crippen molar-refractivity contribution in [2.45, 2.75) is 12.1 Å². The second-order valence-corrected chi connectivity index (χ2v) is 7.57. The van der Waals surface area contributed by atoms with Crippen LogP contribution in [-0.2, 0) is 14.4 Å². The number of primary amides is 1. The lowest BCUT2D eigenvalue weighted by molar-refractivity contribution is -0.141. The molecule has 0 radical (unpaired) electrons. The molecule has 2 saturated heterocycles. The fraction of sp³-hybridized carbons (Fsp3) is 0.273. The second kappa shape index (κ2) is 7.50. The Bertz CT molecular complexity index is 1070. The van der Waals surface area contributed by atoms with Gasteiger partial charge in [0.1, 0.15) is 17.6 Å². The number of fused-ring (bicyclic) bond motifs is 1. The van der Waals surface area contributed by atoms with E-state index in [9.17, 15) is 23.6 Å². The molecule has 0 aromatic heterocycles. The molecule has 9 heteroatoms. The lowest BCUT2D eigenvalue weighted by Crippen LogP contribution is -2.50. The first-order valence-corrected chi connectivity index (χ1v) is 9.59. The Morgan fingerprint density at radius 1 is 0.968 bits per heavy atom. The van der Waals surface area contributed by atoms with Gasteiger partial charge in [0.25, 0.3) is 5.91 Å². The summed E-state index contributed by atoms with van der Waals surface area (Å²) in [6.45, 7) is 0. The highest BCUT2D eigenvalue weighted by Crippen LogP contribution is 2.50. The number of nitrogens with two attached hydrogens (primary N) is 1. The molecular weight excluding hydrogens is 405 g/mol. The largest absolute Gasteiger partial charge is 0.497 e. The molecule has 0 bridgehead atoms. The van der Waals surface area contributed by atoms with Gasteiger partial charge >= 0.3 is 0 Å². The molecule has 4 rings (SSSR count). The first kappa shape index (κ1) is 20.5. The number of amides is 4. The standard InChI is InChI=1S/C22H20FN3O5/c1-25-21(29)15-16(22(25)30)18(19(24)27)26(20(28)12-3-7-13(23)8-4-12)17(15)11-5-9-14(31-2)10-6-11/h3-10,15-18H,1-2H3,(H2,24,27). The minimum absolute atomic E-state index is 0.111. The molecule has 0 spiro atoms. The predicted molar refractivity (Wildman–Crippen MR) is 106 cm³/mol. The Labute approximate surface area is 177 Å². The van der Waals surface area contributed by atoms with E-state index in [1.165, 1.54) is 31.2 Å². The first-order valence-electron chi connectivity index (χ1n) is 9.59. The van der Waals surface area contributed by atoms with Gasteiger partial charge in [-0.25, -0.2) is 4.39 Å². The molecule has 4 atom stereocenters. The molecule has 160 valence electrons. The average Bonchev–Trinajstić information content (AvgIpc) is 3.23. The Balaban J connectivity index is 1.88. The maximum Gasteiger partial charge on any atom is 0.255 e. The van der Waals surface area contributed by atoms with E-state index in [-0.39, 0.29) is 5.56 Å². The predicted octanol–water partition coefficient (Wildman–Crippen LogP) is 1.12. The van der Waals surface area contributed by atoms with Gasteiger partial charge < -0.3 is 15.4 Å². The molecule has 8 nitrogen and oxygen atoms in total. The van der Waals surface area contributed by atoms with Crippen molar-refractivity contribution < 1.29 is 28.3 Å². The number of nitrogens with zero attached hydrogens (tertiary/aromatic N) is 2. The Hall–Kier alpha value is -3.75. The average molecular weight is 425 g/mol. The van der Waals surface area contributed by atoms with E-state index in [4.69, 9.17) is 10.5 Å². The maximum atomic E-state index is 13.4. The van der Waals surface area contributed by atoms with Gasteiger partial charge in [-0.05, 0) is 42.0 Å². The smallest absolute Gasteiger partial charge is 0.255 e. The van der Waals surface area contributed by atoms with E-state index in [1.807, 2.05) is 0 Å². The zero-order valence-corrected chi connectivity index (χ0v) is 16.8. The van der Waals surface area contributed by atoms with Crippen LogP contribution in [0.2, 0.25) is 0 Å². The van der Waals surface area contributed by atoms with Gasteiger partial charge in [0.15, 0.2) is 0 Å². The van der Waals surface area contributed by atoms with E-state index >= 15 is 0 Å². The number of methoxy groups -OCH3 is 1. The van der Waals surface area contributed by atoms with E-state index in [0.717, 1.165) is 17.0 Å². The van der Waals surface area contributed by atoms with Crippen LogP contribution in [0.1, 0.15) is 22.0 Å². The highest BCUT2D eigenvalue weighted by molar-refractivity contribution is 6.10. The molecule has 0 saturated carbocycles. The first-order chi connectivity index (χ1) is 14.8. The van der Waals surface area contributed by atoms with Gasteiger partial charge in [0.05, 0.1) is 25.0 Å². The van der Waals surface area contributed by atoms with E-state index in [1.54, 1.807) is 24.3 Å². The van der Waals surface area contributed by atoms with E-state index < -0.39 is 53.4 Å². The van der Waals surface area contributed by atoms with Crippen LogP contribution in [0.4, 0.5) is 4.39 Å². The summed E-state index contributed by atoms with van der Waals surface area (Å²) in [5.74, 6) is -4.59. The number of hydrogen-bond donors (Lipinski definition) is 1. The van der Waals surface area contributed by atoms with Gasteiger partial charge in [-0.2, -0.15) is 0 Å². The van der Waals surface area contributed by atoms with Crippen LogP contribution in [0.3, 0.4) is 0 Å². The van der Waals surface area contributed by atoms with Crippen molar-refractivity contribution in [2.24, 2.45) is 17.6 Å². The van der Waals surface area contributed by atoms with Gasteiger partial charge in [-0.1, -0.05) is 12.1 Å². The number of rotatable bonds is 4. The molecule has 31 heavy (non-hydrogen) atoms. The molecule has 2 heterocycles. The van der Waals surface area contributed by atoms with Crippen molar-refractivity contribution in [1.29, 1.82) is 0 Å². The van der Waals surface area contributed by atoms with Crippen LogP contribution in [0.25, 0.3) is 0 Å². The van der Waals surface area contributed by atoms with Gasteiger partial charge in [0, 0.05) is 12.6 Å². The third-order valence-corrected chi connectivity index (χ3v) is 5.97. The molecule has 2 aromatic rings. The van der Waals surface area contributed by atoms with Crippen LogP contribution >= 0.6 is 0 Å². The third-order valence-electron chi connectivity index (χ3n) is 5.97. The monoisotopic (exact) mass is 425 g/mol. The van der Waals surface area contributed by atoms with Crippen LogP contribution < -0.4 is 10.5 Å². The van der Waals surface area contributed by atoms with Crippen LogP contribution in [0.5, 0.6) is 5.75 Å². The van der Waals surface area contributed by atoms with E-state index in [0.29, 0.717) is 11.3 Å². The highest BCUT2D eigenvalue weighted by atomic mass is 19.1. The Morgan fingerprint density at radius 2 is 1.55 bits per heavy atom. The summed E-state index contributed by atoms with van der Waals surface area (Å²) in [7, 11) is 2.85. The molecule has 0 aliphatic carbocycles. The minimum atomic E-state index is -1.32. The fourth-order valence-electron chi connectivity index (χ4n) is 4.52. The van der Waals surface area contributed by atoms with Gasteiger partial charge in [-0.15, -0.1) is 0 Å². The van der Waals surface area contributed by atoms with Crippen molar-refractivity contribution in [1.82, 2.24) is 9.80 Å². The summed E-state index contributed by atoms with van der Waals surface area (Å²) < 4.78 is 18.5. The number of carbonyl (C=O) groups excluding carboxylic acids is 4. The summed E-state index contributed by atoms with van der Waals surface area (Å²) in [6.07, 6.45) is 0. The molecule has 2 fully saturated rings. The summed E-state index contributed by atoms with van der Waals surface area (Å²) in [5.41, 5.74) is 6.29. The van der Waals surface area contributed by atoms with Crippen LogP contribution in [0.15, 0.2) is 48.5 Å². The molecule has 2 aliphatic heterocycles. The Morgan fingerprint density at radius 3 is 2.10 bits per heavy atom. The van der Waals surface area contributed by atoms with Crippen LogP contribution in [0, 0.1) is 17.7 Å². The SMILES string of the molecule is COc1ccc(C2C3C(=O)N(C)C(=O)C3C(C(N)=O)N2C(=O)c2ccc(F)cc2)cc1. The maximum absolute atomic E-state index is 13.4. The third kappa shape index (κ3) is 3.13. The van der Waals surface area contributed by atoms with Crippen molar-refractivity contribution >= 4 is 23.6 Å². The molecule has 4 amide bonds. The summed E-state index contributed by atoms with van der Waals surface area (Å²) >= 11 is 0. The zero-order valence-electron chi connectivity index (χ0n) is 16.8. The number of hydrogen-bond acceptors (Lipinski definition) is 5. The van der Waals surface area contributed by atoms with Crippen molar-refractivity contribution in [3.8, 4) is 5.75 Å². The van der Waals surface area contributed by atoms with Gasteiger partial charge in [0.2, 0.25) is 17.7 Å². The van der Waals surface area contributed by atoms with Crippen molar-refractivity contribution in [3.05, 3.63) is 65.5 Å². The molecule has 4 unspecified atom stereocenters. The molecular formula is C22H20FN3O5. The van der Waals surface area contributed by atoms with E-state index in [2.05, 4.69) is 0 Å². The Kier molecular flexibility index (Phi) is 4.96. The number of ether oxygens (including phenoxy) is 1. The van der Waals surface area contributed by atoms with Gasteiger partial charge in [-0.3, -0.25) is 24.1 Å². The quantitative estimate of drug-likeness (QED) is 0.738. The number of imide groups is 1. The second-order valence-electron chi connectivity index (χ2n) is 7.57. The minimum Gasteiger partial charge on any atom is -0.497 e. The zero-order chi connectivity index (χ0) is 22.4. The van der Waals surface area contributed by atoms with Crippen molar-refractivity contribution in [3.63, 3.8) is 0 Å². The summed E-state index contributed by atoms with van der Waals surface area (Å²) in [4.78, 5) is 53.8. The number of carbonyl (C=O) groups is 4. The highest BCUT2D eigenvalue weighted by Gasteiger charge is 2.64. The van der Waals surface area contributed by atoms with Crippen LogP contribution in [-0.4, -0.2) is 53.6 Å². The summed E-state index contributed by atoms with van der Waals surface area (Å²) in [6, 6.07) is 9.24. The lowest BCUT2D eigenvalue weighted by Gasteiger charge is -2.32. The summed E-state index contributed by atoms with van der Waals surface area (Å²) in [5, 5.41) is 0. The van der Waals surface area contributed by atoms with Crippen molar-refractivity contribution in [2.75, 3.05) is 14.2 Å². The fourth-order valence-corrected chi connectivity index (χ4v) is 4.52. The number of likely N-dealkylation sites (tertiary alicyclic amines) is 2. The number of halogens is 1. The molecule has 2 aromatic carbocycles.